The molecular formula is C24H18N4O2. The van der Waals surface area contributed by atoms with E-state index in [4.69, 9.17) is 0 Å². The Morgan fingerprint density at radius 2 is 1.97 bits per heavy atom. The molecule has 0 bridgehead atoms. The minimum absolute atomic E-state index is 0.0948. The SMILES string of the molecule is Cc1cccc2c3c([nH]c12)C1=C(C#N)C(=O)NC1(C1C(=O)Nc2ccccc21)CC3. The van der Waals surface area contributed by atoms with Crippen LogP contribution in [0.5, 0.6) is 0 Å². The number of benzene rings is 2. The van der Waals surface area contributed by atoms with E-state index in [0.717, 1.165) is 39.0 Å². The molecule has 2 atom stereocenters. The highest BCUT2D eigenvalue weighted by Crippen LogP contribution is 2.54. The standard InChI is InChI=1S/C24H18N4O2/c1-12-5-4-7-13-14-9-10-24(19-15-6-2-3-8-17(15)26-23(19)30)18(21(14)27-20(12)13)16(11-25)22(29)28-24/h2-8,19,27H,9-10H2,1H3,(H,26,30)(H,28,29). The third-order valence-electron chi connectivity index (χ3n) is 6.83. The summed E-state index contributed by atoms with van der Waals surface area (Å²) in [7, 11) is 0. The molecule has 0 fully saturated rings. The van der Waals surface area contributed by atoms with Gasteiger partial charge in [0.05, 0.1) is 11.5 Å². The normalized spacial score (nSPS) is 24.2. The molecule has 3 aliphatic rings. The first kappa shape index (κ1) is 17.0. The molecule has 6 nitrogen and oxygen atoms in total. The van der Waals surface area contributed by atoms with Crippen molar-refractivity contribution in [3.05, 3.63) is 70.4 Å². The number of aromatic amines is 1. The number of nitrogens with one attached hydrogen (secondary N) is 3. The lowest BCUT2D eigenvalue weighted by Gasteiger charge is -2.40. The number of anilines is 1. The number of aryl methyl sites for hydroxylation is 2. The zero-order valence-corrected chi connectivity index (χ0v) is 16.3. The minimum atomic E-state index is -0.944. The van der Waals surface area contributed by atoms with Crippen molar-refractivity contribution in [2.75, 3.05) is 5.32 Å². The lowest BCUT2D eigenvalue weighted by molar-refractivity contribution is -0.120. The summed E-state index contributed by atoms with van der Waals surface area (Å²) >= 11 is 0. The van der Waals surface area contributed by atoms with Gasteiger partial charge in [0.15, 0.2) is 0 Å². The molecule has 0 saturated heterocycles. The van der Waals surface area contributed by atoms with Crippen LogP contribution in [0.1, 0.15) is 34.7 Å². The summed E-state index contributed by atoms with van der Waals surface area (Å²) in [5, 5.41) is 17.0. The van der Waals surface area contributed by atoms with Crippen LogP contribution in [0.25, 0.3) is 16.5 Å². The number of nitriles is 1. The summed E-state index contributed by atoms with van der Waals surface area (Å²) in [6.07, 6.45) is 1.26. The van der Waals surface area contributed by atoms with Crippen LogP contribution in [0.4, 0.5) is 5.69 Å². The van der Waals surface area contributed by atoms with Gasteiger partial charge in [-0.25, -0.2) is 0 Å². The number of fused-ring (bicyclic) bond motifs is 6. The van der Waals surface area contributed by atoms with Crippen molar-refractivity contribution >= 4 is 34.0 Å². The van der Waals surface area contributed by atoms with Crippen molar-refractivity contribution in [1.82, 2.24) is 10.3 Å². The van der Waals surface area contributed by atoms with Gasteiger partial charge in [0.1, 0.15) is 11.6 Å². The maximum absolute atomic E-state index is 13.1. The van der Waals surface area contributed by atoms with Crippen molar-refractivity contribution in [3.8, 4) is 6.07 Å². The van der Waals surface area contributed by atoms with Crippen molar-refractivity contribution in [1.29, 1.82) is 5.26 Å². The number of hydrogen-bond donors (Lipinski definition) is 3. The van der Waals surface area contributed by atoms with Gasteiger partial charge in [-0.15, -0.1) is 0 Å². The van der Waals surface area contributed by atoms with Crippen LogP contribution < -0.4 is 10.6 Å². The molecule has 6 rings (SSSR count). The molecule has 6 heteroatoms. The molecule has 3 N–H and O–H groups in total. The van der Waals surface area contributed by atoms with E-state index >= 15 is 0 Å². The number of hydrogen-bond acceptors (Lipinski definition) is 3. The predicted octanol–water partition coefficient (Wildman–Crippen LogP) is 3.30. The quantitative estimate of drug-likeness (QED) is 0.591. The van der Waals surface area contributed by atoms with Gasteiger partial charge in [-0.1, -0.05) is 36.4 Å². The van der Waals surface area contributed by atoms with Gasteiger partial charge in [0.25, 0.3) is 5.91 Å². The summed E-state index contributed by atoms with van der Waals surface area (Å²) in [6.45, 7) is 2.04. The number of carbonyl (C=O) groups excluding carboxylic acids is 2. The van der Waals surface area contributed by atoms with Gasteiger partial charge in [0.2, 0.25) is 5.91 Å². The molecule has 3 aromatic rings. The summed E-state index contributed by atoms with van der Waals surface area (Å²) in [4.78, 5) is 29.5. The van der Waals surface area contributed by atoms with Gasteiger partial charge in [-0.2, -0.15) is 5.26 Å². The number of amides is 2. The van der Waals surface area contributed by atoms with Gasteiger partial charge in [-0.05, 0) is 42.5 Å². The van der Waals surface area contributed by atoms with Crippen LogP contribution in [0.15, 0.2) is 48.0 Å². The highest BCUT2D eigenvalue weighted by molar-refractivity contribution is 6.17. The van der Waals surface area contributed by atoms with Crippen LogP contribution in [0, 0.1) is 18.3 Å². The Morgan fingerprint density at radius 1 is 1.13 bits per heavy atom. The Bertz CT molecular complexity index is 1370. The van der Waals surface area contributed by atoms with Gasteiger partial charge >= 0.3 is 0 Å². The average molecular weight is 394 g/mol. The highest BCUT2D eigenvalue weighted by Gasteiger charge is 2.58. The molecule has 2 amide bonds. The summed E-state index contributed by atoms with van der Waals surface area (Å²) in [6, 6.07) is 15.8. The molecule has 3 heterocycles. The van der Waals surface area contributed by atoms with Crippen molar-refractivity contribution in [2.45, 2.75) is 31.2 Å². The van der Waals surface area contributed by atoms with E-state index in [1.807, 2.05) is 43.3 Å². The van der Waals surface area contributed by atoms with Crippen LogP contribution in [0.3, 0.4) is 0 Å². The maximum atomic E-state index is 13.1. The first-order chi connectivity index (χ1) is 14.5. The highest BCUT2D eigenvalue weighted by atomic mass is 16.2. The first-order valence-corrected chi connectivity index (χ1v) is 10.0. The predicted molar refractivity (Wildman–Crippen MR) is 113 cm³/mol. The number of H-pyrrole nitrogens is 1. The van der Waals surface area contributed by atoms with Crippen LogP contribution in [-0.4, -0.2) is 22.3 Å². The largest absolute Gasteiger partial charge is 0.354 e. The summed E-state index contributed by atoms with van der Waals surface area (Å²) < 4.78 is 0. The van der Waals surface area contributed by atoms with Gasteiger partial charge < -0.3 is 15.6 Å². The van der Waals surface area contributed by atoms with Gasteiger partial charge in [0, 0.05) is 27.9 Å². The molecule has 0 spiro atoms. The van der Waals surface area contributed by atoms with Crippen LogP contribution in [0.2, 0.25) is 0 Å². The zero-order chi connectivity index (χ0) is 20.6. The third-order valence-corrected chi connectivity index (χ3v) is 6.83. The molecule has 2 aliphatic heterocycles. The Balaban J connectivity index is 1.66. The van der Waals surface area contributed by atoms with E-state index in [1.165, 1.54) is 0 Å². The molecule has 30 heavy (non-hydrogen) atoms. The molecule has 2 unspecified atom stereocenters. The molecule has 146 valence electrons. The zero-order valence-electron chi connectivity index (χ0n) is 16.3. The average Bonchev–Trinajstić information content (AvgIpc) is 3.36. The number of aromatic nitrogens is 1. The molecule has 0 radical (unpaired) electrons. The van der Waals surface area contributed by atoms with E-state index in [2.05, 4.69) is 27.8 Å². The third kappa shape index (κ3) is 1.92. The van der Waals surface area contributed by atoms with Gasteiger partial charge in [-0.3, -0.25) is 9.59 Å². The second-order valence-corrected chi connectivity index (χ2v) is 8.27. The van der Waals surface area contributed by atoms with E-state index in [-0.39, 0.29) is 11.5 Å². The summed E-state index contributed by atoms with van der Waals surface area (Å²) in [5.74, 6) is -1.14. The van der Waals surface area contributed by atoms with Crippen LogP contribution >= 0.6 is 0 Å². The maximum Gasteiger partial charge on any atom is 0.263 e. The second-order valence-electron chi connectivity index (χ2n) is 8.27. The summed E-state index contributed by atoms with van der Waals surface area (Å²) in [5.41, 5.74) is 5.43. The lowest BCUT2D eigenvalue weighted by atomic mass is 9.67. The Kier molecular flexibility index (Phi) is 3.19. The first-order valence-electron chi connectivity index (χ1n) is 10.0. The van der Waals surface area contributed by atoms with E-state index < -0.39 is 17.4 Å². The molecule has 0 saturated carbocycles. The fourth-order valence-corrected chi connectivity index (χ4v) is 5.58. The number of para-hydroxylation sites is 2. The molecular weight excluding hydrogens is 376 g/mol. The molecule has 1 aromatic heterocycles. The lowest BCUT2D eigenvalue weighted by Crippen LogP contribution is -2.52. The Morgan fingerprint density at radius 3 is 2.80 bits per heavy atom. The molecule has 2 aromatic carbocycles. The van der Waals surface area contributed by atoms with Crippen molar-refractivity contribution < 1.29 is 9.59 Å². The second kappa shape index (κ2) is 5.61. The van der Waals surface area contributed by atoms with E-state index in [1.54, 1.807) is 0 Å². The number of rotatable bonds is 1. The van der Waals surface area contributed by atoms with E-state index in [9.17, 15) is 14.9 Å². The van der Waals surface area contributed by atoms with Crippen molar-refractivity contribution in [3.63, 3.8) is 0 Å². The minimum Gasteiger partial charge on any atom is -0.354 e. The Labute approximate surface area is 172 Å². The fourth-order valence-electron chi connectivity index (χ4n) is 5.58. The van der Waals surface area contributed by atoms with Crippen LogP contribution in [-0.2, 0) is 16.0 Å². The van der Waals surface area contributed by atoms with E-state index in [0.29, 0.717) is 18.4 Å². The smallest absolute Gasteiger partial charge is 0.263 e. The monoisotopic (exact) mass is 394 g/mol. The number of carbonyl (C=O) groups is 2. The molecule has 1 aliphatic carbocycles. The topological polar surface area (TPSA) is 97.8 Å². The fraction of sp³-hybridized carbons (Fsp3) is 0.208. The Hall–Kier alpha value is -3.85. The van der Waals surface area contributed by atoms with Crippen molar-refractivity contribution in [2.24, 2.45) is 0 Å². The number of nitrogens with zero attached hydrogens (tertiary/aromatic N) is 1.